The van der Waals surface area contributed by atoms with Gasteiger partial charge in [0.25, 0.3) is 0 Å². The largest absolute Gasteiger partial charge is 0.493 e. The molecule has 0 saturated heterocycles. The zero-order valence-corrected chi connectivity index (χ0v) is 19.9. The first-order chi connectivity index (χ1) is 16.0. The molecular weight excluding hydrogens is 420 g/mol. The van der Waals surface area contributed by atoms with Gasteiger partial charge in [-0.2, -0.15) is 0 Å². The van der Waals surface area contributed by atoms with Crippen molar-refractivity contribution in [2.75, 3.05) is 13.7 Å². The van der Waals surface area contributed by atoms with E-state index in [0.29, 0.717) is 35.3 Å². The first kappa shape index (κ1) is 25.1. The minimum Gasteiger partial charge on any atom is -0.493 e. The predicted octanol–water partition coefficient (Wildman–Crippen LogP) is 5.69. The van der Waals surface area contributed by atoms with Gasteiger partial charge in [0.1, 0.15) is 5.75 Å². The van der Waals surface area contributed by atoms with E-state index in [0.717, 1.165) is 50.5 Å². The number of unbranched alkanes of at least 4 members (excludes halogenated alkanes) is 1. The highest BCUT2D eigenvalue weighted by Crippen LogP contribution is 2.31. The van der Waals surface area contributed by atoms with Crippen LogP contribution >= 0.6 is 0 Å². The highest BCUT2D eigenvalue weighted by Gasteiger charge is 2.22. The molecular formula is C27H36O6. The van der Waals surface area contributed by atoms with Crippen LogP contribution in [0.2, 0.25) is 0 Å². The van der Waals surface area contributed by atoms with Crippen LogP contribution in [-0.2, 0) is 4.74 Å². The van der Waals surface area contributed by atoms with Gasteiger partial charge in [0.05, 0.1) is 25.4 Å². The molecule has 1 aliphatic carbocycles. The number of aliphatic hydroxyl groups excluding tert-OH is 1. The summed E-state index contributed by atoms with van der Waals surface area (Å²) in [4.78, 5) is 12.6. The van der Waals surface area contributed by atoms with Gasteiger partial charge >= 0.3 is 5.97 Å². The monoisotopic (exact) mass is 456 g/mol. The van der Waals surface area contributed by atoms with E-state index in [4.69, 9.17) is 18.9 Å². The summed E-state index contributed by atoms with van der Waals surface area (Å²) in [6.45, 7) is 4.73. The topological polar surface area (TPSA) is 74.2 Å². The van der Waals surface area contributed by atoms with E-state index in [9.17, 15) is 9.90 Å². The lowest BCUT2D eigenvalue weighted by Crippen LogP contribution is -2.27. The van der Waals surface area contributed by atoms with Crippen molar-refractivity contribution in [3.63, 3.8) is 0 Å². The summed E-state index contributed by atoms with van der Waals surface area (Å²) < 4.78 is 23.3. The van der Waals surface area contributed by atoms with Crippen molar-refractivity contribution in [2.45, 2.75) is 71.2 Å². The molecule has 3 rings (SSSR count). The van der Waals surface area contributed by atoms with Crippen molar-refractivity contribution in [3.8, 4) is 17.2 Å². The molecule has 2 aromatic rings. The molecule has 0 radical (unpaired) electrons. The van der Waals surface area contributed by atoms with E-state index in [2.05, 4.69) is 6.92 Å². The molecule has 2 aromatic carbocycles. The molecule has 33 heavy (non-hydrogen) atoms. The highest BCUT2D eigenvalue weighted by atomic mass is 16.7. The van der Waals surface area contributed by atoms with Crippen molar-refractivity contribution in [1.29, 1.82) is 0 Å². The molecule has 0 amide bonds. The molecule has 0 aliphatic heterocycles. The smallest absolute Gasteiger partial charge is 0.343 e. The molecule has 1 N–H and O–H groups in total. The Bertz CT molecular complexity index is 871. The van der Waals surface area contributed by atoms with Gasteiger partial charge in [-0.3, -0.25) is 0 Å². The lowest BCUT2D eigenvalue weighted by Gasteiger charge is -2.27. The maximum Gasteiger partial charge on any atom is 0.343 e. The summed E-state index contributed by atoms with van der Waals surface area (Å²) in [5.41, 5.74) is 1.48. The lowest BCUT2D eigenvalue weighted by molar-refractivity contribution is -0.102. The SMILES string of the molecule is CCCCC(OCC1CCC(O)CC1)Oc1ccc(C(=O)Oc2ccc(C)cc2)cc1OC. The number of hydrogen-bond donors (Lipinski definition) is 1. The molecule has 0 spiro atoms. The van der Waals surface area contributed by atoms with Crippen molar-refractivity contribution in [2.24, 2.45) is 5.92 Å². The van der Waals surface area contributed by atoms with Crippen LogP contribution in [0.1, 0.15) is 67.8 Å². The number of rotatable bonds is 11. The lowest BCUT2D eigenvalue weighted by atomic mass is 9.88. The van der Waals surface area contributed by atoms with E-state index in [1.165, 1.54) is 0 Å². The van der Waals surface area contributed by atoms with E-state index in [-0.39, 0.29) is 6.10 Å². The third kappa shape index (κ3) is 7.76. The predicted molar refractivity (Wildman–Crippen MR) is 127 cm³/mol. The third-order valence-electron chi connectivity index (χ3n) is 6.02. The van der Waals surface area contributed by atoms with Gasteiger partial charge in [-0.1, -0.05) is 31.0 Å². The van der Waals surface area contributed by atoms with Crippen molar-refractivity contribution in [3.05, 3.63) is 53.6 Å². The van der Waals surface area contributed by atoms with Crippen LogP contribution in [0.25, 0.3) is 0 Å². The molecule has 0 bridgehead atoms. The van der Waals surface area contributed by atoms with E-state index in [1.807, 2.05) is 19.1 Å². The summed E-state index contributed by atoms with van der Waals surface area (Å²) in [5, 5.41) is 9.72. The molecule has 6 heteroatoms. The molecule has 0 heterocycles. The standard InChI is InChI=1S/C27H36O6/c1-4-5-6-26(31-18-20-9-12-22(28)13-10-20)33-24-16-11-21(17-25(24)30-3)27(29)32-23-14-7-19(2)8-15-23/h7-8,11,14-17,20,22,26,28H,4-6,9-10,12-13,18H2,1-3H3. The highest BCUT2D eigenvalue weighted by molar-refractivity contribution is 5.91. The average Bonchev–Trinajstić information content (AvgIpc) is 2.83. The number of methoxy groups -OCH3 is 1. The summed E-state index contributed by atoms with van der Waals surface area (Å²) in [6.07, 6.45) is 5.85. The maximum absolute atomic E-state index is 12.6. The second-order valence-electron chi connectivity index (χ2n) is 8.77. The van der Waals surface area contributed by atoms with Crippen molar-refractivity contribution >= 4 is 5.97 Å². The number of hydrogen-bond acceptors (Lipinski definition) is 6. The van der Waals surface area contributed by atoms with E-state index >= 15 is 0 Å². The Hall–Kier alpha value is -2.57. The quantitative estimate of drug-likeness (QED) is 0.266. The fourth-order valence-corrected chi connectivity index (χ4v) is 3.91. The Morgan fingerprint density at radius 3 is 2.45 bits per heavy atom. The van der Waals surface area contributed by atoms with Crippen LogP contribution in [0, 0.1) is 12.8 Å². The molecule has 180 valence electrons. The van der Waals surface area contributed by atoms with Crippen LogP contribution in [0.4, 0.5) is 0 Å². The summed E-state index contributed by atoms with van der Waals surface area (Å²) in [7, 11) is 1.55. The number of carbonyl (C=O) groups excluding carboxylic acids is 1. The number of carbonyl (C=O) groups is 1. The Morgan fingerprint density at radius 1 is 1.06 bits per heavy atom. The fraction of sp³-hybridized carbons (Fsp3) is 0.519. The second kappa shape index (κ2) is 12.6. The minimum absolute atomic E-state index is 0.172. The minimum atomic E-state index is -0.457. The molecule has 0 aromatic heterocycles. The second-order valence-corrected chi connectivity index (χ2v) is 8.77. The van der Waals surface area contributed by atoms with Gasteiger partial charge in [0.15, 0.2) is 17.8 Å². The molecule has 1 aliphatic rings. The van der Waals surface area contributed by atoms with Gasteiger partial charge < -0.3 is 24.1 Å². The average molecular weight is 457 g/mol. The summed E-state index contributed by atoms with van der Waals surface area (Å²) >= 11 is 0. The van der Waals surface area contributed by atoms with Crippen molar-refractivity contribution < 1.29 is 28.8 Å². The summed E-state index contributed by atoms with van der Waals surface area (Å²) in [6, 6.07) is 12.4. The number of aliphatic hydroxyl groups is 1. The first-order valence-electron chi connectivity index (χ1n) is 11.9. The Labute approximate surface area is 196 Å². The van der Waals surface area contributed by atoms with Crippen LogP contribution < -0.4 is 14.2 Å². The van der Waals surface area contributed by atoms with Crippen LogP contribution in [0.3, 0.4) is 0 Å². The van der Waals surface area contributed by atoms with E-state index in [1.54, 1.807) is 37.4 Å². The Balaban J connectivity index is 1.63. The van der Waals surface area contributed by atoms with Crippen LogP contribution in [0.15, 0.2) is 42.5 Å². The molecule has 1 fully saturated rings. The van der Waals surface area contributed by atoms with Gasteiger partial charge in [-0.05, 0) is 75.3 Å². The summed E-state index contributed by atoms with van der Waals surface area (Å²) in [5.74, 6) is 1.47. The number of aryl methyl sites for hydroxylation is 1. The Morgan fingerprint density at radius 2 is 1.79 bits per heavy atom. The van der Waals surface area contributed by atoms with Crippen LogP contribution in [0.5, 0.6) is 17.2 Å². The van der Waals surface area contributed by atoms with Gasteiger partial charge in [0.2, 0.25) is 0 Å². The van der Waals surface area contributed by atoms with Crippen molar-refractivity contribution in [1.82, 2.24) is 0 Å². The number of ether oxygens (including phenoxy) is 4. The molecule has 1 saturated carbocycles. The first-order valence-corrected chi connectivity index (χ1v) is 11.9. The fourth-order valence-electron chi connectivity index (χ4n) is 3.91. The normalized spacial score (nSPS) is 19.0. The molecule has 6 nitrogen and oxygen atoms in total. The van der Waals surface area contributed by atoms with E-state index < -0.39 is 12.3 Å². The van der Waals surface area contributed by atoms with Crippen LogP contribution in [-0.4, -0.2) is 37.2 Å². The maximum atomic E-state index is 12.6. The van der Waals surface area contributed by atoms with Gasteiger partial charge in [0, 0.05) is 6.42 Å². The Kier molecular flexibility index (Phi) is 9.58. The van der Waals surface area contributed by atoms with Gasteiger partial charge in [-0.15, -0.1) is 0 Å². The third-order valence-corrected chi connectivity index (χ3v) is 6.02. The van der Waals surface area contributed by atoms with Gasteiger partial charge in [-0.25, -0.2) is 4.79 Å². The number of esters is 1. The zero-order chi connectivity index (χ0) is 23.6. The molecule has 1 unspecified atom stereocenters. The number of benzene rings is 2. The molecule has 1 atom stereocenters. The zero-order valence-electron chi connectivity index (χ0n) is 19.9.